The Balaban J connectivity index is 2.04. The van der Waals surface area contributed by atoms with Crippen molar-refractivity contribution in [2.75, 3.05) is 0 Å². The molecule has 8 heteroatoms. The molecule has 32 heavy (non-hydrogen) atoms. The number of amides is 1. The van der Waals surface area contributed by atoms with Crippen molar-refractivity contribution in [3.63, 3.8) is 0 Å². The minimum atomic E-state index is -1.03. The fourth-order valence-electron chi connectivity index (χ4n) is 2.81. The van der Waals surface area contributed by atoms with Crippen molar-refractivity contribution in [3.8, 4) is 0 Å². The van der Waals surface area contributed by atoms with Gasteiger partial charge >= 0.3 is 12.1 Å². The zero-order valence-corrected chi connectivity index (χ0v) is 18.8. The number of alkyl carbamates (subject to hydrolysis) is 1. The van der Waals surface area contributed by atoms with Crippen LogP contribution in [0.3, 0.4) is 0 Å². The van der Waals surface area contributed by atoms with Gasteiger partial charge in [-0.25, -0.2) is 15.4 Å². The van der Waals surface area contributed by atoms with E-state index in [1.807, 2.05) is 60.7 Å². The number of nitrogens with two attached hydrogens (primary N) is 2. The number of esters is 1. The number of nitrogens with zero attached hydrogens (tertiary/aromatic N) is 1. The van der Waals surface area contributed by atoms with Crippen LogP contribution in [0.1, 0.15) is 38.3 Å². The van der Waals surface area contributed by atoms with Crippen LogP contribution in [0.25, 0.3) is 0 Å². The number of benzene rings is 2. The van der Waals surface area contributed by atoms with E-state index in [4.69, 9.17) is 21.1 Å². The molecular formula is C24H32N4O4. The van der Waals surface area contributed by atoms with Gasteiger partial charge in [0.25, 0.3) is 0 Å². The van der Waals surface area contributed by atoms with Gasteiger partial charge in [-0.05, 0) is 31.9 Å². The number of carbonyl (C=O) groups excluding carboxylic acids is 2. The van der Waals surface area contributed by atoms with Crippen LogP contribution < -0.4 is 16.9 Å². The Hall–Kier alpha value is -3.52. The molecule has 0 heterocycles. The molecule has 2 rings (SSSR count). The second-order valence-corrected chi connectivity index (χ2v) is 8.36. The van der Waals surface area contributed by atoms with Gasteiger partial charge in [-0.15, -0.1) is 0 Å². The molecule has 0 spiro atoms. The molecule has 1 unspecified atom stereocenters. The number of hydrogen-bond donors (Lipinski definition) is 3. The number of ether oxygens (including phenoxy) is 2. The van der Waals surface area contributed by atoms with Crippen LogP contribution in [0.4, 0.5) is 4.79 Å². The van der Waals surface area contributed by atoms with E-state index in [1.54, 1.807) is 20.8 Å². The molecular weight excluding hydrogens is 408 g/mol. The van der Waals surface area contributed by atoms with Crippen LogP contribution >= 0.6 is 0 Å². The number of carbonyl (C=O) groups is 2. The molecule has 0 radical (unpaired) electrons. The summed E-state index contributed by atoms with van der Waals surface area (Å²) >= 11 is 0. The molecule has 0 saturated carbocycles. The van der Waals surface area contributed by atoms with Crippen molar-refractivity contribution >= 4 is 12.1 Å². The fraction of sp³-hybridized carbons (Fsp3) is 0.333. The number of hydrogen-bond acceptors (Lipinski definition) is 7. The zero-order chi connectivity index (χ0) is 23.6. The summed E-state index contributed by atoms with van der Waals surface area (Å²) in [6.45, 7) is 5.72. The van der Waals surface area contributed by atoms with Crippen molar-refractivity contribution < 1.29 is 19.1 Å². The van der Waals surface area contributed by atoms with E-state index in [-0.39, 0.29) is 13.0 Å². The monoisotopic (exact) mass is 440 g/mol. The Bertz CT molecular complexity index is 895. The molecule has 1 amide bonds. The van der Waals surface area contributed by atoms with Crippen LogP contribution in [-0.4, -0.2) is 28.7 Å². The van der Waals surface area contributed by atoms with E-state index in [0.29, 0.717) is 12.2 Å². The minimum absolute atomic E-state index is 0.00928. The molecule has 0 aromatic heterocycles. The zero-order valence-electron chi connectivity index (χ0n) is 18.8. The summed E-state index contributed by atoms with van der Waals surface area (Å²) in [5.74, 6) is 5.40. The van der Waals surface area contributed by atoms with Crippen molar-refractivity contribution in [2.24, 2.45) is 11.6 Å². The largest absolute Gasteiger partial charge is 0.459 e. The van der Waals surface area contributed by atoms with Crippen molar-refractivity contribution in [1.82, 2.24) is 10.3 Å². The Morgan fingerprint density at radius 2 is 1.59 bits per heavy atom. The van der Waals surface area contributed by atoms with Crippen LogP contribution in [0.15, 0.2) is 72.6 Å². The lowest BCUT2D eigenvalue weighted by Crippen LogP contribution is -2.45. The third-order valence-electron chi connectivity index (χ3n) is 4.18. The van der Waals surface area contributed by atoms with Gasteiger partial charge < -0.3 is 25.5 Å². The van der Waals surface area contributed by atoms with Gasteiger partial charge in [-0.3, -0.25) is 0 Å². The number of nitrogens with one attached hydrogen (secondary N) is 1. The quantitative estimate of drug-likeness (QED) is 0.311. The van der Waals surface area contributed by atoms with E-state index in [1.165, 1.54) is 11.2 Å². The maximum atomic E-state index is 12.7. The smallest absolute Gasteiger partial charge is 0.408 e. The predicted molar refractivity (Wildman–Crippen MR) is 122 cm³/mol. The Morgan fingerprint density at radius 3 is 2.16 bits per heavy atom. The average Bonchev–Trinajstić information content (AvgIpc) is 2.71. The number of hydrazine groups is 1. The van der Waals surface area contributed by atoms with Gasteiger partial charge in [0, 0.05) is 18.3 Å². The summed E-state index contributed by atoms with van der Waals surface area (Å²) in [5, 5.41) is 3.97. The second kappa shape index (κ2) is 11.8. The Labute approximate surface area is 189 Å². The van der Waals surface area contributed by atoms with E-state index >= 15 is 0 Å². The molecule has 0 aliphatic heterocycles. The minimum Gasteiger partial charge on any atom is -0.459 e. The molecule has 5 N–H and O–H groups in total. The maximum Gasteiger partial charge on any atom is 0.408 e. The number of rotatable bonds is 9. The second-order valence-electron chi connectivity index (χ2n) is 8.36. The molecule has 2 aromatic rings. The molecule has 1 atom stereocenters. The normalized spacial score (nSPS) is 12.6. The summed E-state index contributed by atoms with van der Waals surface area (Å²) in [7, 11) is 0. The first-order valence-electron chi connectivity index (χ1n) is 10.3. The summed E-state index contributed by atoms with van der Waals surface area (Å²) in [5.41, 5.74) is 7.54. The highest BCUT2D eigenvalue weighted by atomic mass is 16.6. The highest BCUT2D eigenvalue weighted by Gasteiger charge is 2.26. The van der Waals surface area contributed by atoms with E-state index in [9.17, 15) is 9.59 Å². The van der Waals surface area contributed by atoms with Gasteiger partial charge in [0.2, 0.25) is 0 Å². The van der Waals surface area contributed by atoms with Gasteiger partial charge in [-0.1, -0.05) is 60.7 Å². The molecule has 0 fully saturated rings. The molecule has 0 saturated heterocycles. The Kier molecular flexibility index (Phi) is 9.09. The highest BCUT2D eigenvalue weighted by molar-refractivity contribution is 5.81. The summed E-state index contributed by atoms with van der Waals surface area (Å²) in [6, 6.07) is 17.9. The SMILES string of the molecule is CC(C)(C)OC(=O)NC(C/C(N)=C/N(N)Cc1ccccc1)C(=O)OCc1ccccc1. The van der Waals surface area contributed by atoms with Crippen LogP contribution in [0, 0.1) is 0 Å². The van der Waals surface area contributed by atoms with Crippen molar-refractivity contribution in [2.45, 2.75) is 52.0 Å². The van der Waals surface area contributed by atoms with Crippen molar-refractivity contribution in [3.05, 3.63) is 83.7 Å². The average molecular weight is 441 g/mol. The predicted octanol–water partition coefficient (Wildman–Crippen LogP) is 3.19. The standard InChI is InChI=1S/C24H32N4O4/c1-24(2,3)32-23(30)27-21(22(29)31-17-19-12-8-5-9-13-19)14-20(25)16-28(26)15-18-10-6-4-7-11-18/h4-13,16,21H,14-15,17,25-26H2,1-3H3,(H,27,30)/b20-16-. The van der Waals surface area contributed by atoms with E-state index in [2.05, 4.69) is 5.32 Å². The van der Waals surface area contributed by atoms with E-state index in [0.717, 1.165) is 11.1 Å². The lowest BCUT2D eigenvalue weighted by molar-refractivity contribution is -0.147. The fourth-order valence-corrected chi connectivity index (χ4v) is 2.81. The van der Waals surface area contributed by atoms with Gasteiger partial charge in [-0.2, -0.15) is 0 Å². The van der Waals surface area contributed by atoms with Crippen molar-refractivity contribution in [1.29, 1.82) is 0 Å². The lowest BCUT2D eigenvalue weighted by atomic mass is 10.1. The topological polar surface area (TPSA) is 120 Å². The molecule has 0 bridgehead atoms. The highest BCUT2D eigenvalue weighted by Crippen LogP contribution is 2.11. The molecule has 172 valence electrons. The molecule has 8 nitrogen and oxygen atoms in total. The van der Waals surface area contributed by atoms with E-state index < -0.39 is 23.7 Å². The molecule has 0 aliphatic rings. The molecule has 0 aliphatic carbocycles. The first-order valence-corrected chi connectivity index (χ1v) is 10.3. The first kappa shape index (κ1) is 24.7. The Morgan fingerprint density at radius 1 is 1.03 bits per heavy atom. The van der Waals surface area contributed by atoms with Crippen LogP contribution in [0.2, 0.25) is 0 Å². The summed E-state index contributed by atoms with van der Waals surface area (Å²) in [6.07, 6.45) is 0.803. The van der Waals surface area contributed by atoms with Crippen LogP contribution in [0.5, 0.6) is 0 Å². The van der Waals surface area contributed by atoms with Crippen LogP contribution in [-0.2, 0) is 27.4 Å². The summed E-state index contributed by atoms with van der Waals surface area (Å²) < 4.78 is 10.7. The summed E-state index contributed by atoms with van der Waals surface area (Å²) in [4.78, 5) is 25.0. The maximum absolute atomic E-state index is 12.7. The third kappa shape index (κ3) is 9.53. The lowest BCUT2D eigenvalue weighted by Gasteiger charge is -2.23. The third-order valence-corrected chi connectivity index (χ3v) is 4.18. The first-order chi connectivity index (χ1) is 15.1. The molecule has 2 aromatic carbocycles. The van der Waals surface area contributed by atoms with Gasteiger partial charge in [0.15, 0.2) is 0 Å². The van der Waals surface area contributed by atoms with Gasteiger partial charge in [0.05, 0.1) is 6.54 Å². The van der Waals surface area contributed by atoms with Gasteiger partial charge in [0.1, 0.15) is 18.2 Å².